The van der Waals surface area contributed by atoms with Crippen LogP contribution in [0.25, 0.3) is 110 Å². The van der Waals surface area contributed by atoms with Gasteiger partial charge in [0.2, 0.25) is 5.95 Å². The molecule has 7 heterocycles. The van der Waals surface area contributed by atoms with Crippen molar-refractivity contribution >= 4 is 87.2 Å². The Morgan fingerprint density at radius 3 is 1.34 bits per heavy atom. The fraction of sp³-hybridized carbons (Fsp3) is 0. The van der Waals surface area contributed by atoms with Crippen LogP contribution in [0.4, 0.5) is 0 Å². The summed E-state index contributed by atoms with van der Waals surface area (Å²) < 4.78 is 15.2. The number of ether oxygens (including phenoxy) is 1. The first-order valence-corrected chi connectivity index (χ1v) is 21.3. The first-order valence-electron chi connectivity index (χ1n) is 21.3. The second-order valence-electron chi connectivity index (χ2n) is 16.0. The topological polar surface area (TPSA) is 80.5 Å². The molecule has 0 N–H and O–H groups in total. The second-order valence-corrected chi connectivity index (χ2v) is 16.0. The first-order chi connectivity index (χ1) is 32.2. The molecule has 0 aliphatic heterocycles. The van der Waals surface area contributed by atoms with Crippen molar-refractivity contribution in [2.75, 3.05) is 0 Å². The van der Waals surface area contributed by atoms with Gasteiger partial charge >= 0.3 is 42.1 Å². The molecule has 0 unspecified atom stereocenters. The maximum absolute atomic E-state index is 6.64. The Morgan fingerprint density at radius 2 is 0.761 bits per heavy atom. The molecule has 9 nitrogen and oxygen atoms in total. The average Bonchev–Trinajstić information content (AvgIpc) is 4.08. The van der Waals surface area contributed by atoms with Crippen LogP contribution in [0.3, 0.4) is 0 Å². The summed E-state index contributed by atoms with van der Waals surface area (Å²) in [5.74, 6) is 3.22. The van der Waals surface area contributed by atoms with Crippen LogP contribution in [0.1, 0.15) is 0 Å². The van der Waals surface area contributed by atoms with Crippen molar-refractivity contribution < 1.29 is 46.9 Å². The van der Waals surface area contributed by atoms with Crippen LogP contribution in [0, 0.1) is 24.3 Å². The molecule has 14 aromatic rings. The molecule has 0 atom stereocenters. The number of para-hydroxylation sites is 3. The van der Waals surface area contributed by atoms with E-state index in [1.54, 1.807) is 18.6 Å². The van der Waals surface area contributed by atoms with Gasteiger partial charge in [0, 0.05) is 52.8 Å². The van der Waals surface area contributed by atoms with Crippen LogP contribution >= 0.6 is 0 Å². The van der Waals surface area contributed by atoms with Crippen molar-refractivity contribution in [3.63, 3.8) is 0 Å². The molecule has 0 aliphatic carbocycles. The number of nitrogens with zero attached hydrogens (tertiary/aromatic N) is 8. The summed E-state index contributed by atoms with van der Waals surface area (Å²) in [5, 5.41) is 8.55. The molecule has 0 radical (unpaired) electrons. The summed E-state index contributed by atoms with van der Waals surface area (Å²) in [4.78, 5) is 19.0. The van der Waals surface area contributed by atoms with Gasteiger partial charge in [0.15, 0.2) is 0 Å². The van der Waals surface area contributed by atoms with Crippen LogP contribution in [-0.4, -0.2) is 38.2 Å². The van der Waals surface area contributed by atoms with Crippen LogP contribution in [0.5, 0.6) is 11.5 Å². The summed E-state index contributed by atoms with van der Waals surface area (Å²) in [7, 11) is 0. The van der Waals surface area contributed by atoms with E-state index in [-0.39, 0.29) is 42.1 Å². The number of pyridine rings is 2. The Kier molecular flexibility index (Phi) is 9.75. The maximum atomic E-state index is 6.64. The van der Waals surface area contributed by atoms with Crippen molar-refractivity contribution in [1.82, 2.24) is 38.2 Å². The van der Waals surface area contributed by atoms with Crippen LogP contribution < -0.4 is 4.74 Å². The van der Waals surface area contributed by atoms with E-state index in [9.17, 15) is 0 Å². The minimum absolute atomic E-state index is 0. The monoisotopic (exact) mass is 1220 g/mol. The van der Waals surface area contributed by atoms with Gasteiger partial charge in [0.1, 0.15) is 11.6 Å². The molecule has 11 heteroatoms. The predicted molar refractivity (Wildman–Crippen MR) is 257 cm³/mol. The van der Waals surface area contributed by atoms with Gasteiger partial charge in [0.25, 0.3) is 0 Å². The minimum Gasteiger partial charge on any atom is -0.509 e. The van der Waals surface area contributed by atoms with Gasteiger partial charge in [-0.25, -0.2) is 19.9 Å². The summed E-state index contributed by atoms with van der Waals surface area (Å²) >= 11 is 0. The van der Waals surface area contributed by atoms with Gasteiger partial charge < -0.3 is 23.0 Å². The van der Waals surface area contributed by atoms with E-state index < -0.39 is 0 Å². The normalized spacial score (nSPS) is 11.6. The van der Waals surface area contributed by atoms with Crippen LogP contribution in [0.15, 0.2) is 183 Å². The third-order valence-corrected chi connectivity index (χ3v) is 12.4. The maximum Gasteiger partial charge on any atom is 2.00 e. The summed E-state index contributed by atoms with van der Waals surface area (Å²) in [6, 6.07) is 68.7. The van der Waals surface area contributed by atoms with Crippen molar-refractivity contribution in [3.05, 3.63) is 207 Å². The fourth-order valence-corrected chi connectivity index (χ4v) is 9.71. The summed E-state index contributed by atoms with van der Waals surface area (Å²) in [5.41, 5.74) is 8.35. The Bertz CT molecular complexity index is 4220. The standard InChI is InChI=1S/C56H30N8O.2Pt/c1-5-16-47-38(12-1)41-23-20-35(30-49(41)62(47)54-18-7-9-26-57-54)61-46-15-4-3-14-40(46)44-33-45-43-25-22-37(32-51(43)64(53(45)34-52(44)61)56-59-28-11-29-60-56)65-36-21-24-42-39-13-2-6-17-48(39)63(50(42)31-36)55-19-8-10-27-58-55;;/h1-29,33H;;/q-4;2*+2. The van der Waals surface area contributed by atoms with Gasteiger partial charge in [0.05, 0.1) is 0 Å². The number of hydrogen-bond acceptors (Lipinski definition) is 5. The summed E-state index contributed by atoms with van der Waals surface area (Å²) in [6.45, 7) is 0. The molecular weight excluding hydrogens is 1190 g/mol. The third-order valence-electron chi connectivity index (χ3n) is 12.4. The van der Waals surface area contributed by atoms with Gasteiger partial charge in [-0.05, 0) is 64.7 Å². The Balaban J connectivity index is 0.00000234. The largest absolute Gasteiger partial charge is 2.00 e. The molecule has 0 amide bonds. The van der Waals surface area contributed by atoms with E-state index in [2.05, 4.69) is 135 Å². The molecule has 14 rings (SSSR count). The van der Waals surface area contributed by atoms with E-state index in [0.29, 0.717) is 17.4 Å². The van der Waals surface area contributed by atoms with E-state index in [1.165, 1.54) is 0 Å². The number of fused-ring (bicyclic) bond motifs is 12. The Labute approximate surface area is 411 Å². The Hall–Kier alpha value is -7.70. The summed E-state index contributed by atoms with van der Waals surface area (Å²) in [6.07, 6.45) is 7.15. The van der Waals surface area contributed by atoms with E-state index in [0.717, 1.165) is 105 Å². The quantitative estimate of drug-likeness (QED) is 0.155. The molecule has 0 saturated heterocycles. The van der Waals surface area contributed by atoms with E-state index >= 15 is 0 Å². The van der Waals surface area contributed by atoms with Crippen molar-refractivity contribution in [2.45, 2.75) is 0 Å². The zero-order valence-electron chi connectivity index (χ0n) is 34.9. The molecule has 7 aromatic carbocycles. The minimum atomic E-state index is 0. The van der Waals surface area contributed by atoms with Crippen molar-refractivity contribution in [2.24, 2.45) is 0 Å². The molecule has 67 heavy (non-hydrogen) atoms. The number of aromatic nitrogens is 8. The predicted octanol–water partition coefficient (Wildman–Crippen LogP) is 12.6. The molecule has 0 bridgehead atoms. The van der Waals surface area contributed by atoms with Crippen LogP contribution in [-0.2, 0) is 42.1 Å². The van der Waals surface area contributed by atoms with Gasteiger partial charge in [-0.2, -0.15) is 35.0 Å². The number of hydrogen-bond donors (Lipinski definition) is 0. The zero-order valence-corrected chi connectivity index (χ0v) is 39.5. The second kappa shape index (κ2) is 16.0. The van der Waals surface area contributed by atoms with Crippen LogP contribution in [0.2, 0.25) is 0 Å². The van der Waals surface area contributed by atoms with Crippen molar-refractivity contribution in [3.8, 4) is 34.8 Å². The van der Waals surface area contributed by atoms with Gasteiger partial charge in [-0.15, -0.1) is 58.6 Å². The molecule has 0 aliphatic rings. The van der Waals surface area contributed by atoms with Gasteiger partial charge in [-0.3, -0.25) is 0 Å². The molecule has 0 saturated carbocycles. The fourth-order valence-electron chi connectivity index (χ4n) is 9.71. The SMILES string of the molecule is [Pt+2].[Pt+2].[c-]1c(Oc2[c-]c3c(cc2)c2ccccc2n3-c2ccccn2)ccc2c3cc4c5ccccc5n(-c5[c-]c6c(cc5)c5ccccc5n6-c5ccccn5)c4[c-]c3n(-c3ncccn3)c12. The number of benzene rings is 7. The molecular formula is C56H30N8OPt2. The molecule has 0 fully saturated rings. The molecule has 7 aromatic heterocycles. The third kappa shape index (κ3) is 6.22. The zero-order chi connectivity index (χ0) is 42.6. The van der Waals surface area contributed by atoms with E-state index in [1.807, 2.05) is 71.4 Å². The number of rotatable bonds is 6. The smallest absolute Gasteiger partial charge is 0.509 e. The van der Waals surface area contributed by atoms with Crippen molar-refractivity contribution in [1.29, 1.82) is 0 Å². The van der Waals surface area contributed by atoms with Gasteiger partial charge in [-0.1, -0.05) is 100 Å². The average molecular weight is 1220 g/mol. The Morgan fingerprint density at radius 1 is 0.328 bits per heavy atom. The van der Waals surface area contributed by atoms with E-state index in [4.69, 9.17) is 24.7 Å². The molecule has 0 spiro atoms. The first kappa shape index (κ1) is 40.8. The molecule has 320 valence electrons.